The van der Waals surface area contributed by atoms with E-state index in [0.717, 1.165) is 17.9 Å². The SMILES string of the molecule is CNc1cc(CC(C)C)nc(Cc2ccccc2F)n1. The smallest absolute Gasteiger partial charge is 0.135 e. The van der Waals surface area contributed by atoms with Crippen molar-refractivity contribution in [2.45, 2.75) is 26.7 Å². The summed E-state index contributed by atoms with van der Waals surface area (Å²) in [6, 6.07) is 8.70. The molecule has 0 saturated carbocycles. The average molecular weight is 273 g/mol. The van der Waals surface area contributed by atoms with E-state index in [1.54, 1.807) is 12.1 Å². The molecule has 0 bridgehead atoms. The van der Waals surface area contributed by atoms with Crippen molar-refractivity contribution in [1.82, 2.24) is 9.97 Å². The van der Waals surface area contributed by atoms with Crippen LogP contribution >= 0.6 is 0 Å². The fraction of sp³-hybridized carbons (Fsp3) is 0.375. The van der Waals surface area contributed by atoms with E-state index in [1.807, 2.05) is 19.2 Å². The molecule has 0 aliphatic rings. The maximum atomic E-state index is 13.7. The molecule has 1 heterocycles. The molecule has 0 saturated heterocycles. The van der Waals surface area contributed by atoms with Gasteiger partial charge in [0.25, 0.3) is 0 Å². The summed E-state index contributed by atoms with van der Waals surface area (Å²) in [7, 11) is 1.83. The van der Waals surface area contributed by atoms with Gasteiger partial charge in [0.2, 0.25) is 0 Å². The van der Waals surface area contributed by atoms with Gasteiger partial charge >= 0.3 is 0 Å². The van der Waals surface area contributed by atoms with Gasteiger partial charge in [-0.3, -0.25) is 0 Å². The fourth-order valence-electron chi connectivity index (χ4n) is 2.09. The van der Waals surface area contributed by atoms with E-state index in [1.165, 1.54) is 6.07 Å². The maximum absolute atomic E-state index is 13.7. The highest BCUT2D eigenvalue weighted by atomic mass is 19.1. The standard InChI is InChI=1S/C16H20FN3/c1-11(2)8-13-10-15(18-3)20-16(19-13)9-12-6-4-5-7-14(12)17/h4-7,10-11H,8-9H2,1-3H3,(H,18,19,20). The molecule has 1 aromatic carbocycles. The molecule has 0 radical (unpaired) electrons. The van der Waals surface area contributed by atoms with Crippen LogP contribution in [-0.4, -0.2) is 17.0 Å². The normalized spacial score (nSPS) is 10.8. The van der Waals surface area contributed by atoms with Crippen molar-refractivity contribution in [3.05, 3.63) is 53.2 Å². The Morgan fingerprint density at radius 1 is 1.20 bits per heavy atom. The summed E-state index contributed by atoms with van der Waals surface area (Å²) in [4.78, 5) is 8.95. The number of nitrogens with one attached hydrogen (secondary N) is 1. The van der Waals surface area contributed by atoms with Crippen LogP contribution in [0.1, 0.15) is 30.9 Å². The summed E-state index contributed by atoms with van der Waals surface area (Å²) in [5.41, 5.74) is 1.61. The van der Waals surface area contributed by atoms with Gasteiger partial charge in [0.15, 0.2) is 0 Å². The van der Waals surface area contributed by atoms with Crippen LogP contribution in [0, 0.1) is 11.7 Å². The highest BCUT2D eigenvalue weighted by Crippen LogP contribution is 2.15. The first kappa shape index (κ1) is 14.4. The third-order valence-corrected chi connectivity index (χ3v) is 3.01. The van der Waals surface area contributed by atoms with Gasteiger partial charge in [0, 0.05) is 25.2 Å². The number of nitrogens with zero attached hydrogens (tertiary/aromatic N) is 2. The Bertz CT molecular complexity index is 582. The van der Waals surface area contributed by atoms with E-state index in [4.69, 9.17) is 0 Å². The van der Waals surface area contributed by atoms with Crippen LogP contribution < -0.4 is 5.32 Å². The molecule has 0 fully saturated rings. The van der Waals surface area contributed by atoms with Crippen molar-refractivity contribution in [3.8, 4) is 0 Å². The van der Waals surface area contributed by atoms with Crippen LogP contribution in [0.5, 0.6) is 0 Å². The predicted molar refractivity (Wildman–Crippen MR) is 79.3 cm³/mol. The third kappa shape index (κ3) is 3.76. The number of benzene rings is 1. The highest BCUT2D eigenvalue weighted by Gasteiger charge is 2.09. The molecule has 4 heteroatoms. The van der Waals surface area contributed by atoms with Crippen LogP contribution in [0.25, 0.3) is 0 Å². The maximum Gasteiger partial charge on any atom is 0.135 e. The zero-order valence-corrected chi connectivity index (χ0v) is 12.2. The molecule has 1 aromatic heterocycles. The molecule has 0 aliphatic carbocycles. The van der Waals surface area contributed by atoms with Crippen LogP contribution in [0.3, 0.4) is 0 Å². The molecule has 2 aromatic rings. The fourth-order valence-corrected chi connectivity index (χ4v) is 2.09. The third-order valence-electron chi connectivity index (χ3n) is 3.01. The number of halogens is 1. The van der Waals surface area contributed by atoms with Gasteiger partial charge < -0.3 is 5.32 Å². The van der Waals surface area contributed by atoms with E-state index in [2.05, 4.69) is 29.1 Å². The first-order valence-electron chi connectivity index (χ1n) is 6.86. The van der Waals surface area contributed by atoms with Crippen molar-refractivity contribution in [2.24, 2.45) is 5.92 Å². The van der Waals surface area contributed by atoms with Gasteiger partial charge in [-0.15, -0.1) is 0 Å². The number of anilines is 1. The van der Waals surface area contributed by atoms with Gasteiger partial charge in [-0.1, -0.05) is 32.0 Å². The van der Waals surface area contributed by atoms with Gasteiger partial charge in [0.1, 0.15) is 17.5 Å². The summed E-state index contributed by atoms with van der Waals surface area (Å²) in [5.74, 6) is 1.74. The number of rotatable bonds is 5. The second-order valence-corrected chi connectivity index (χ2v) is 5.28. The van der Waals surface area contributed by atoms with Crippen molar-refractivity contribution in [2.75, 3.05) is 12.4 Å². The minimum Gasteiger partial charge on any atom is -0.373 e. The Balaban J connectivity index is 2.29. The van der Waals surface area contributed by atoms with Crippen LogP contribution in [0.4, 0.5) is 10.2 Å². The second-order valence-electron chi connectivity index (χ2n) is 5.28. The lowest BCUT2D eigenvalue weighted by Crippen LogP contribution is -2.07. The average Bonchev–Trinajstić information content (AvgIpc) is 2.40. The van der Waals surface area contributed by atoms with E-state index in [9.17, 15) is 4.39 Å². The Kier molecular flexibility index (Phi) is 4.66. The number of aromatic nitrogens is 2. The van der Waals surface area contributed by atoms with E-state index < -0.39 is 0 Å². The molecule has 20 heavy (non-hydrogen) atoms. The predicted octanol–water partition coefficient (Wildman–Crippen LogP) is 3.45. The van der Waals surface area contributed by atoms with Gasteiger partial charge in [-0.05, 0) is 24.0 Å². The molecule has 106 valence electrons. The van der Waals surface area contributed by atoms with Gasteiger partial charge in [0.05, 0.1) is 0 Å². The molecular weight excluding hydrogens is 253 g/mol. The van der Waals surface area contributed by atoms with Crippen molar-refractivity contribution in [3.63, 3.8) is 0 Å². The summed E-state index contributed by atoms with van der Waals surface area (Å²) in [6.45, 7) is 4.30. The quantitative estimate of drug-likeness (QED) is 0.906. The minimum absolute atomic E-state index is 0.212. The molecule has 2 rings (SSSR count). The van der Waals surface area contributed by atoms with Crippen LogP contribution in [-0.2, 0) is 12.8 Å². The summed E-state index contributed by atoms with van der Waals surface area (Å²) in [5, 5.41) is 3.04. The van der Waals surface area contributed by atoms with Gasteiger partial charge in [-0.2, -0.15) is 0 Å². The van der Waals surface area contributed by atoms with E-state index in [0.29, 0.717) is 23.7 Å². The van der Waals surface area contributed by atoms with Crippen LogP contribution in [0.2, 0.25) is 0 Å². The van der Waals surface area contributed by atoms with E-state index >= 15 is 0 Å². The first-order valence-corrected chi connectivity index (χ1v) is 6.86. The summed E-state index contributed by atoms with van der Waals surface area (Å²) < 4.78 is 13.7. The molecular formula is C16H20FN3. The lowest BCUT2D eigenvalue weighted by molar-refractivity contribution is 0.609. The number of hydrogen-bond donors (Lipinski definition) is 1. The molecule has 0 atom stereocenters. The Labute approximate surface area is 119 Å². The molecule has 0 aliphatic heterocycles. The topological polar surface area (TPSA) is 37.8 Å². The molecule has 3 nitrogen and oxygen atoms in total. The van der Waals surface area contributed by atoms with Crippen molar-refractivity contribution < 1.29 is 4.39 Å². The van der Waals surface area contributed by atoms with Crippen molar-refractivity contribution in [1.29, 1.82) is 0 Å². The lowest BCUT2D eigenvalue weighted by atomic mass is 10.1. The first-order chi connectivity index (χ1) is 9.58. The van der Waals surface area contributed by atoms with E-state index in [-0.39, 0.29) is 5.82 Å². The zero-order chi connectivity index (χ0) is 14.5. The molecule has 1 N–H and O–H groups in total. The highest BCUT2D eigenvalue weighted by molar-refractivity contribution is 5.36. The Hall–Kier alpha value is -1.97. The second kappa shape index (κ2) is 6.46. The molecule has 0 spiro atoms. The molecule has 0 unspecified atom stereocenters. The summed E-state index contributed by atoms with van der Waals surface area (Å²) >= 11 is 0. The van der Waals surface area contributed by atoms with Gasteiger partial charge in [-0.25, -0.2) is 14.4 Å². The lowest BCUT2D eigenvalue weighted by Gasteiger charge is -2.10. The Morgan fingerprint density at radius 2 is 1.95 bits per heavy atom. The number of hydrogen-bond acceptors (Lipinski definition) is 3. The summed E-state index contributed by atoms with van der Waals surface area (Å²) in [6.07, 6.45) is 1.30. The largest absolute Gasteiger partial charge is 0.373 e. The molecule has 0 amide bonds. The zero-order valence-electron chi connectivity index (χ0n) is 12.2. The van der Waals surface area contributed by atoms with Crippen molar-refractivity contribution >= 4 is 5.82 Å². The monoisotopic (exact) mass is 273 g/mol. The Morgan fingerprint density at radius 3 is 2.60 bits per heavy atom. The minimum atomic E-state index is -0.212. The van der Waals surface area contributed by atoms with Crippen LogP contribution in [0.15, 0.2) is 30.3 Å².